The topological polar surface area (TPSA) is 30.5 Å². The average molecular weight is 331 g/mol. The van der Waals surface area contributed by atoms with Crippen molar-refractivity contribution in [1.82, 2.24) is 5.32 Å². The van der Waals surface area contributed by atoms with Crippen LogP contribution in [-0.4, -0.2) is 26.8 Å². The Hall–Kier alpha value is -1.52. The van der Waals surface area contributed by atoms with Gasteiger partial charge in [0.1, 0.15) is 11.5 Å². The van der Waals surface area contributed by atoms with Crippen molar-refractivity contribution in [3.8, 4) is 11.5 Å². The lowest BCUT2D eigenvalue weighted by molar-refractivity contribution is 0.170. The van der Waals surface area contributed by atoms with Gasteiger partial charge in [-0.15, -0.1) is 11.3 Å². The molecule has 3 nitrogen and oxygen atoms in total. The van der Waals surface area contributed by atoms with Crippen LogP contribution in [0, 0.1) is 0 Å². The fourth-order valence-electron chi connectivity index (χ4n) is 3.51. The van der Waals surface area contributed by atoms with Crippen LogP contribution in [0.4, 0.5) is 0 Å². The summed E-state index contributed by atoms with van der Waals surface area (Å²) in [5, 5.41) is 5.52. The Kier molecular flexibility index (Phi) is 5.23. The number of methoxy groups -OCH3 is 1. The van der Waals surface area contributed by atoms with E-state index in [4.69, 9.17) is 9.47 Å². The maximum absolute atomic E-state index is 6.04. The van der Waals surface area contributed by atoms with Crippen molar-refractivity contribution in [2.45, 2.75) is 37.7 Å². The summed E-state index contributed by atoms with van der Waals surface area (Å²) in [6.45, 7) is 3.17. The van der Waals surface area contributed by atoms with Gasteiger partial charge in [-0.05, 0) is 55.8 Å². The molecule has 2 heterocycles. The van der Waals surface area contributed by atoms with Crippen LogP contribution in [-0.2, 0) is 0 Å². The molecule has 0 fully saturated rings. The van der Waals surface area contributed by atoms with Gasteiger partial charge in [-0.2, -0.15) is 0 Å². The molecule has 0 saturated heterocycles. The highest BCUT2D eigenvalue weighted by Crippen LogP contribution is 2.43. The van der Waals surface area contributed by atoms with Crippen LogP contribution >= 0.6 is 11.3 Å². The summed E-state index contributed by atoms with van der Waals surface area (Å²) in [4.78, 5) is 1.47. The lowest BCUT2D eigenvalue weighted by atomic mass is 9.82. The predicted molar refractivity (Wildman–Crippen MR) is 96.0 cm³/mol. The molecule has 1 aliphatic rings. The first kappa shape index (κ1) is 16.3. The van der Waals surface area contributed by atoms with Crippen LogP contribution in [0.3, 0.4) is 0 Å². The summed E-state index contributed by atoms with van der Waals surface area (Å²) in [5.74, 6) is 2.93. The van der Waals surface area contributed by atoms with Crippen molar-refractivity contribution in [1.29, 1.82) is 0 Å². The zero-order chi connectivity index (χ0) is 16.2. The first-order chi connectivity index (χ1) is 11.2. The van der Waals surface area contributed by atoms with Crippen LogP contribution in [0.15, 0.2) is 35.7 Å². The molecular weight excluding hydrogens is 306 g/mol. The zero-order valence-corrected chi connectivity index (χ0v) is 14.9. The van der Waals surface area contributed by atoms with Gasteiger partial charge in [0.25, 0.3) is 0 Å². The molecule has 0 bridgehead atoms. The van der Waals surface area contributed by atoms with E-state index in [2.05, 4.69) is 35.8 Å². The van der Waals surface area contributed by atoms with E-state index in [0.29, 0.717) is 11.8 Å². The fraction of sp³-hybridized carbons (Fsp3) is 0.474. The summed E-state index contributed by atoms with van der Waals surface area (Å²) in [7, 11) is 3.73. The van der Waals surface area contributed by atoms with Crippen molar-refractivity contribution in [3.05, 3.63) is 46.2 Å². The van der Waals surface area contributed by atoms with Crippen molar-refractivity contribution < 1.29 is 9.47 Å². The Morgan fingerprint density at radius 2 is 2.26 bits per heavy atom. The second-order valence-corrected chi connectivity index (χ2v) is 7.25. The third kappa shape index (κ3) is 3.70. The molecule has 0 aliphatic carbocycles. The zero-order valence-electron chi connectivity index (χ0n) is 14.0. The van der Waals surface area contributed by atoms with Crippen LogP contribution < -0.4 is 14.8 Å². The van der Waals surface area contributed by atoms with Crippen molar-refractivity contribution in [2.24, 2.45) is 0 Å². The van der Waals surface area contributed by atoms with Crippen LogP contribution in [0.1, 0.15) is 42.0 Å². The molecule has 0 radical (unpaired) electrons. The molecule has 0 amide bonds. The van der Waals surface area contributed by atoms with Gasteiger partial charge in [0.15, 0.2) is 0 Å². The summed E-state index contributed by atoms with van der Waals surface area (Å²) < 4.78 is 11.4. The van der Waals surface area contributed by atoms with Gasteiger partial charge in [0.2, 0.25) is 0 Å². The molecule has 1 aromatic heterocycles. The first-order valence-electron chi connectivity index (χ1n) is 8.23. The minimum Gasteiger partial charge on any atom is -0.497 e. The average Bonchev–Trinajstić information content (AvgIpc) is 3.08. The van der Waals surface area contributed by atoms with Gasteiger partial charge in [-0.25, -0.2) is 0 Å². The van der Waals surface area contributed by atoms with Gasteiger partial charge in [0.05, 0.1) is 13.2 Å². The molecule has 1 aliphatic heterocycles. The third-order valence-corrected chi connectivity index (χ3v) is 5.61. The Morgan fingerprint density at radius 1 is 1.39 bits per heavy atom. The first-order valence-corrected chi connectivity index (χ1v) is 9.11. The number of benzene rings is 1. The van der Waals surface area contributed by atoms with Gasteiger partial charge in [-0.3, -0.25) is 0 Å². The van der Waals surface area contributed by atoms with E-state index in [1.165, 1.54) is 10.4 Å². The molecule has 1 aromatic carbocycles. The van der Waals surface area contributed by atoms with E-state index in [1.807, 2.05) is 30.5 Å². The lowest BCUT2D eigenvalue weighted by Crippen LogP contribution is -2.26. The molecule has 0 saturated carbocycles. The highest BCUT2D eigenvalue weighted by Gasteiger charge is 2.29. The smallest absolute Gasteiger partial charge is 0.126 e. The second kappa shape index (κ2) is 7.37. The summed E-state index contributed by atoms with van der Waals surface area (Å²) in [5.41, 5.74) is 1.32. The van der Waals surface area contributed by atoms with E-state index in [1.54, 1.807) is 7.11 Å². The standard InChI is InChI=1S/C19H25NO2S/c1-13-9-14(10-15(12-20-2)19-5-4-8-23-19)17-7-6-16(21-3)11-18(17)22-13/h4-8,11,13-15,20H,9-10,12H2,1-3H3. The maximum atomic E-state index is 6.04. The number of ether oxygens (including phenoxy) is 2. The number of rotatable bonds is 6. The van der Waals surface area contributed by atoms with E-state index in [0.717, 1.165) is 30.9 Å². The molecular formula is C19H25NO2S. The Morgan fingerprint density at radius 3 is 2.96 bits per heavy atom. The quantitative estimate of drug-likeness (QED) is 0.851. The van der Waals surface area contributed by atoms with Gasteiger partial charge in [0, 0.05) is 23.4 Å². The largest absolute Gasteiger partial charge is 0.497 e. The van der Waals surface area contributed by atoms with E-state index < -0.39 is 0 Å². The molecule has 23 heavy (non-hydrogen) atoms. The molecule has 0 spiro atoms. The number of hydrogen-bond acceptors (Lipinski definition) is 4. The molecule has 4 heteroatoms. The minimum atomic E-state index is 0.248. The third-order valence-electron chi connectivity index (χ3n) is 4.57. The highest BCUT2D eigenvalue weighted by atomic mass is 32.1. The molecule has 3 atom stereocenters. The number of thiophene rings is 1. The molecule has 3 unspecified atom stereocenters. The monoisotopic (exact) mass is 331 g/mol. The van der Waals surface area contributed by atoms with Crippen molar-refractivity contribution >= 4 is 11.3 Å². The molecule has 3 rings (SSSR count). The summed E-state index contributed by atoms with van der Waals surface area (Å²) in [6.07, 6.45) is 2.47. The fourth-order valence-corrected chi connectivity index (χ4v) is 4.35. The van der Waals surface area contributed by atoms with E-state index in [-0.39, 0.29) is 6.10 Å². The Bertz CT molecular complexity index is 626. The van der Waals surface area contributed by atoms with Crippen molar-refractivity contribution in [2.75, 3.05) is 20.7 Å². The molecule has 1 N–H and O–H groups in total. The van der Waals surface area contributed by atoms with Crippen LogP contribution in [0.2, 0.25) is 0 Å². The van der Waals surface area contributed by atoms with Crippen molar-refractivity contribution in [3.63, 3.8) is 0 Å². The lowest BCUT2D eigenvalue weighted by Gasteiger charge is -2.32. The highest BCUT2D eigenvalue weighted by molar-refractivity contribution is 7.10. The number of fused-ring (bicyclic) bond motifs is 1. The van der Waals surface area contributed by atoms with Gasteiger partial charge < -0.3 is 14.8 Å². The Balaban J connectivity index is 1.85. The van der Waals surface area contributed by atoms with Crippen LogP contribution in [0.25, 0.3) is 0 Å². The SMILES string of the molecule is CNCC(CC1CC(C)Oc2cc(OC)ccc21)c1cccs1. The van der Waals surface area contributed by atoms with Gasteiger partial charge in [-0.1, -0.05) is 12.1 Å². The van der Waals surface area contributed by atoms with E-state index in [9.17, 15) is 0 Å². The summed E-state index contributed by atoms with van der Waals surface area (Å²) >= 11 is 1.86. The second-order valence-electron chi connectivity index (χ2n) is 6.27. The Labute approximate surface area is 142 Å². The predicted octanol–water partition coefficient (Wildman–Crippen LogP) is 4.40. The summed E-state index contributed by atoms with van der Waals surface area (Å²) in [6, 6.07) is 10.6. The maximum Gasteiger partial charge on any atom is 0.126 e. The van der Waals surface area contributed by atoms with Crippen LogP contribution in [0.5, 0.6) is 11.5 Å². The number of hydrogen-bond donors (Lipinski definition) is 1. The van der Waals surface area contributed by atoms with Gasteiger partial charge >= 0.3 is 0 Å². The number of likely N-dealkylation sites (N-methyl/N-ethyl adjacent to an activating group) is 1. The van der Waals surface area contributed by atoms with E-state index >= 15 is 0 Å². The minimum absolute atomic E-state index is 0.248. The normalized spacial score (nSPS) is 21.3. The molecule has 2 aromatic rings. The number of nitrogens with one attached hydrogen (secondary N) is 1. The molecule has 124 valence electrons.